The molecule has 1 aliphatic rings. The molecule has 0 saturated heterocycles. The molecule has 1 atom stereocenters. The van der Waals surface area contributed by atoms with Crippen molar-refractivity contribution < 1.29 is 19.0 Å². The first kappa shape index (κ1) is 22.6. The summed E-state index contributed by atoms with van der Waals surface area (Å²) >= 11 is 5.96. The van der Waals surface area contributed by atoms with Crippen molar-refractivity contribution >= 4 is 23.5 Å². The molecule has 0 fully saturated rings. The Labute approximate surface area is 196 Å². The third kappa shape index (κ3) is 4.78. The second kappa shape index (κ2) is 9.91. The van der Waals surface area contributed by atoms with Gasteiger partial charge in [0, 0.05) is 10.7 Å². The molecule has 0 saturated carbocycles. The minimum Gasteiger partial charge on any atom is -0.490 e. The number of ether oxygens (including phenoxy) is 3. The second-order valence-electron chi connectivity index (χ2n) is 7.29. The number of carbonyl (C=O) groups excluding carboxylic acids is 1. The van der Waals surface area contributed by atoms with Crippen LogP contribution in [0.5, 0.6) is 11.5 Å². The fraction of sp³-hybridized carbons (Fsp3) is 0.304. The fourth-order valence-corrected chi connectivity index (χ4v) is 3.74. The van der Waals surface area contributed by atoms with Crippen LogP contribution in [0.1, 0.15) is 37.9 Å². The van der Waals surface area contributed by atoms with Crippen molar-refractivity contribution in [2.45, 2.75) is 33.4 Å². The number of nitrogens with one attached hydrogen (secondary N) is 1. The molecule has 0 amide bonds. The maximum Gasteiger partial charge on any atom is 0.338 e. The normalized spacial score (nSPS) is 15.0. The van der Waals surface area contributed by atoms with Gasteiger partial charge in [0.2, 0.25) is 5.95 Å². The Balaban J connectivity index is 1.69. The van der Waals surface area contributed by atoms with Crippen LogP contribution in [0.2, 0.25) is 5.02 Å². The van der Waals surface area contributed by atoms with Crippen LogP contribution in [0.15, 0.2) is 53.7 Å². The number of aromatic nitrogens is 4. The number of allylic oxidation sites excluding steroid dienone is 1. The molecule has 4 rings (SSSR count). The number of anilines is 1. The molecule has 2 heterocycles. The van der Waals surface area contributed by atoms with E-state index < -0.39 is 12.0 Å². The van der Waals surface area contributed by atoms with Crippen molar-refractivity contribution in [1.29, 1.82) is 0 Å². The van der Waals surface area contributed by atoms with Gasteiger partial charge in [-0.25, -0.2) is 4.79 Å². The summed E-state index contributed by atoms with van der Waals surface area (Å²) in [4.78, 5) is 12.8. The first-order chi connectivity index (χ1) is 16.0. The van der Waals surface area contributed by atoms with E-state index >= 15 is 0 Å². The van der Waals surface area contributed by atoms with E-state index in [1.54, 1.807) is 18.5 Å². The molecular weight excluding hydrogens is 446 g/mol. The van der Waals surface area contributed by atoms with Gasteiger partial charge in [-0.05, 0) is 66.6 Å². The van der Waals surface area contributed by atoms with E-state index in [9.17, 15) is 4.79 Å². The number of halogens is 1. The van der Waals surface area contributed by atoms with Crippen LogP contribution in [-0.4, -0.2) is 39.4 Å². The third-order valence-electron chi connectivity index (χ3n) is 5.10. The molecular formula is C23H24ClN5O4. The van der Waals surface area contributed by atoms with Crippen molar-refractivity contribution in [1.82, 2.24) is 20.2 Å². The lowest BCUT2D eigenvalue weighted by atomic mass is 9.95. The maximum atomic E-state index is 12.8. The van der Waals surface area contributed by atoms with Crippen molar-refractivity contribution in [3.05, 3.63) is 69.9 Å². The Morgan fingerprint density at radius 2 is 1.88 bits per heavy atom. The van der Waals surface area contributed by atoms with Crippen LogP contribution in [0, 0.1) is 0 Å². The van der Waals surface area contributed by atoms with E-state index in [0.717, 1.165) is 11.1 Å². The Hall–Kier alpha value is -3.59. The topological polar surface area (TPSA) is 100 Å². The summed E-state index contributed by atoms with van der Waals surface area (Å²) in [5.41, 5.74) is 2.79. The highest BCUT2D eigenvalue weighted by Crippen LogP contribution is 2.39. The zero-order valence-corrected chi connectivity index (χ0v) is 19.3. The van der Waals surface area contributed by atoms with Gasteiger partial charge in [0.25, 0.3) is 0 Å². The first-order valence-corrected chi connectivity index (χ1v) is 11.0. The monoisotopic (exact) mass is 469 g/mol. The highest BCUT2D eigenvalue weighted by atomic mass is 35.5. The third-order valence-corrected chi connectivity index (χ3v) is 5.35. The summed E-state index contributed by atoms with van der Waals surface area (Å²) < 4.78 is 18.7. The predicted octanol–water partition coefficient (Wildman–Crippen LogP) is 4.16. The van der Waals surface area contributed by atoms with Gasteiger partial charge in [0.15, 0.2) is 11.5 Å². The first-order valence-electron chi connectivity index (χ1n) is 10.6. The molecule has 0 radical (unpaired) electrons. The van der Waals surface area contributed by atoms with E-state index in [-0.39, 0.29) is 6.61 Å². The van der Waals surface area contributed by atoms with Crippen LogP contribution in [0.25, 0.3) is 0 Å². The van der Waals surface area contributed by atoms with Gasteiger partial charge in [-0.2, -0.15) is 4.68 Å². The number of rotatable bonds is 8. The Kier molecular flexibility index (Phi) is 6.79. The molecule has 0 spiro atoms. The standard InChI is InChI=1S/C23H24ClN5O4/c1-4-31-19-12-16(8-11-18(19)33-13-15-6-9-17(24)10-7-15)21-20(22(30)32-5-2)14(3)25-23-26-27-28-29(21)23/h6-12,21H,4-5,13H2,1-3H3,(H,25,26,28). The van der Waals surface area contributed by atoms with Crippen LogP contribution in [0.4, 0.5) is 5.95 Å². The molecule has 172 valence electrons. The summed E-state index contributed by atoms with van der Waals surface area (Å²) in [5.74, 6) is 1.14. The molecule has 1 aliphatic heterocycles. The molecule has 9 nitrogen and oxygen atoms in total. The Bertz CT molecular complexity index is 1180. The molecule has 0 bridgehead atoms. The largest absolute Gasteiger partial charge is 0.490 e. The van der Waals surface area contributed by atoms with Crippen molar-refractivity contribution in [2.75, 3.05) is 18.5 Å². The fourth-order valence-electron chi connectivity index (χ4n) is 3.62. The molecule has 1 N–H and O–H groups in total. The molecule has 0 aliphatic carbocycles. The van der Waals surface area contributed by atoms with Gasteiger partial charge in [0.05, 0.1) is 18.8 Å². The van der Waals surface area contributed by atoms with Crippen LogP contribution >= 0.6 is 11.6 Å². The summed E-state index contributed by atoms with van der Waals surface area (Å²) in [5, 5.41) is 15.6. The van der Waals surface area contributed by atoms with Gasteiger partial charge >= 0.3 is 5.97 Å². The zero-order chi connectivity index (χ0) is 23.4. The average molecular weight is 470 g/mol. The van der Waals surface area contributed by atoms with Crippen molar-refractivity contribution in [3.63, 3.8) is 0 Å². The van der Waals surface area contributed by atoms with Crippen molar-refractivity contribution in [2.24, 2.45) is 0 Å². The molecule has 1 unspecified atom stereocenters. The van der Waals surface area contributed by atoms with Gasteiger partial charge in [0.1, 0.15) is 12.6 Å². The molecule has 10 heteroatoms. The minimum atomic E-state index is -0.583. The second-order valence-corrected chi connectivity index (χ2v) is 7.72. The highest BCUT2D eigenvalue weighted by Gasteiger charge is 2.35. The molecule has 1 aromatic heterocycles. The average Bonchev–Trinajstić information content (AvgIpc) is 3.26. The quantitative estimate of drug-likeness (QED) is 0.491. The molecule has 3 aromatic rings. The smallest absolute Gasteiger partial charge is 0.338 e. The number of fused-ring (bicyclic) bond motifs is 1. The summed E-state index contributed by atoms with van der Waals surface area (Å²) in [6.45, 7) is 6.52. The van der Waals surface area contributed by atoms with Crippen molar-refractivity contribution in [3.8, 4) is 11.5 Å². The van der Waals surface area contributed by atoms with Gasteiger partial charge < -0.3 is 19.5 Å². The summed E-state index contributed by atoms with van der Waals surface area (Å²) in [6, 6.07) is 12.4. The van der Waals surface area contributed by atoms with E-state index in [4.69, 9.17) is 25.8 Å². The number of benzene rings is 2. The summed E-state index contributed by atoms with van der Waals surface area (Å²) in [6.07, 6.45) is 0. The predicted molar refractivity (Wildman–Crippen MR) is 122 cm³/mol. The lowest BCUT2D eigenvalue weighted by Crippen LogP contribution is -2.29. The number of tetrazole rings is 1. The van der Waals surface area contributed by atoms with Crippen LogP contribution in [-0.2, 0) is 16.1 Å². The lowest BCUT2D eigenvalue weighted by molar-refractivity contribution is -0.139. The number of nitrogens with zero attached hydrogens (tertiary/aromatic N) is 4. The van der Waals surface area contributed by atoms with Crippen LogP contribution in [0.3, 0.4) is 0 Å². The summed E-state index contributed by atoms with van der Waals surface area (Å²) in [7, 11) is 0. The number of hydrogen-bond acceptors (Lipinski definition) is 8. The van der Waals surface area contributed by atoms with Crippen LogP contribution < -0.4 is 14.8 Å². The number of hydrogen-bond donors (Lipinski definition) is 1. The van der Waals surface area contributed by atoms with E-state index in [1.807, 2.05) is 49.4 Å². The highest BCUT2D eigenvalue weighted by molar-refractivity contribution is 6.30. The maximum absolute atomic E-state index is 12.8. The van der Waals surface area contributed by atoms with E-state index in [2.05, 4.69) is 20.8 Å². The molecule has 2 aromatic carbocycles. The van der Waals surface area contributed by atoms with Gasteiger partial charge in [-0.15, -0.1) is 0 Å². The minimum absolute atomic E-state index is 0.256. The number of esters is 1. The number of carbonyl (C=O) groups is 1. The van der Waals surface area contributed by atoms with Gasteiger partial charge in [-0.3, -0.25) is 0 Å². The zero-order valence-electron chi connectivity index (χ0n) is 18.5. The Morgan fingerprint density at radius 3 is 2.61 bits per heavy atom. The Morgan fingerprint density at radius 1 is 1.09 bits per heavy atom. The molecule has 33 heavy (non-hydrogen) atoms. The SMILES string of the molecule is CCOC(=O)C1=C(C)Nc2nnnn2C1c1ccc(OCc2ccc(Cl)cc2)c(OCC)c1. The van der Waals surface area contributed by atoms with E-state index in [0.29, 0.717) is 47.0 Å². The van der Waals surface area contributed by atoms with Gasteiger partial charge in [-0.1, -0.05) is 34.9 Å². The lowest BCUT2D eigenvalue weighted by Gasteiger charge is -2.27. The van der Waals surface area contributed by atoms with E-state index in [1.165, 1.54) is 0 Å².